The fraction of sp³-hybridized carbons (Fsp3) is 0.750. The van der Waals surface area contributed by atoms with Gasteiger partial charge in [-0.2, -0.15) is 11.8 Å². The zero-order valence-electron chi connectivity index (χ0n) is 12.2. The van der Waals surface area contributed by atoms with Crippen LogP contribution < -0.4 is 10.6 Å². The normalized spacial score (nSPS) is 12.4. The summed E-state index contributed by atoms with van der Waals surface area (Å²) in [6.45, 7) is 6.97. The lowest BCUT2D eigenvalue weighted by molar-refractivity contribution is -0.138. The maximum Gasteiger partial charge on any atom is 0.408 e. The maximum absolute atomic E-state index is 11.5. The number of ether oxygens (including phenoxy) is 1. The van der Waals surface area contributed by atoms with Gasteiger partial charge in [-0.05, 0) is 20.8 Å². The van der Waals surface area contributed by atoms with Gasteiger partial charge < -0.3 is 20.5 Å². The molecule has 0 aliphatic carbocycles. The fourth-order valence-electron chi connectivity index (χ4n) is 1.12. The molecule has 0 rings (SSSR count). The van der Waals surface area contributed by atoms with Gasteiger partial charge in [0.2, 0.25) is 5.91 Å². The van der Waals surface area contributed by atoms with Gasteiger partial charge in [-0.3, -0.25) is 4.79 Å². The molecule has 20 heavy (non-hydrogen) atoms. The van der Waals surface area contributed by atoms with Crippen molar-refractivity contribution < 1.29 is 24.2 Å². The van der Waals surface area contributed by atoms with Gasteiger partial charge in [0.1, 0.15) is 11.6 Å². The second-order valence-electron chi connectivity index (χ2n) is 5.09. The predicted octanol–water partition coefficient (Wildman–Crippen LogP) is 0.834. The molecule has 0 aliphatic rings. The van der Waals surface area contributed by atoms with Gasteiger partial charge in [-0.15, -0.1) is 0 Å². The molecule has 2 amide bonds. The summed E-state index contributed by atoms with van der Waals surface area (Å²) in [5.74, 6) is -0.483. The van der Waals surface area contributed by atoms with E-state index in [1.807, 2.05) is 0 Å². The Labute approximate surface area is 122 Å². The number of alkyl carbamates (subject to hydrolysis) is 1. The predicted molar refractivity (Wildman–Crippen MR) is 76.8 cm³/mol. The lowest BCUT2D eigenvalue weighted by Gasteiger charge is -2.21. The van der Waals surface area contributed by atoms with Gasteiger partial charge in [0, 0.05) is 25.0 Å². The minimum atomic E-state index is -1.12. The molecule has 0 radical (unpaired) electrons. The van der Waals surface area contributed by atoms with E-state index in [-0.39, 0.29) is 11.7 Å². The highest BCUT2D eigenvalue weighted by atomic mass is 32.2. The highest BCUT2D eigenvalue weighted by molar-refractivity contribution is 7.99. The van der Waals surface area contributed by atoms with E-state index in [2.05, 4.69) is 10.6 Å². The Balaban J connectivity index is 4.08. The van der Waals surface area contributed by atoms with Crippen LogP contribution in [-0.4, -0.2) is 52.8 Å². The van der Waals surface area contributed by atoms with Crippen LogP contribution in [0, 0.1) is 0 Å². The molecule has 8 heteroatoms. The maximum atomic E-state index is 11.5. The van der Waals surface area contributed by atoms with Gasteiger partial charge in [0.15, 0.2) is 0 Å². The molecule has 1 unspecified atom stereocenters. The molecule has 7 nitrogen and oxygen atoms in total. The third-order valence-corrected chi connectivity index (χ3v) is 2.96. The number of carboxylic acids is 1. The van der Waals surface area contributed by atoms with E-state index < -0.39 is 23.7 Å². The van der Waals surface area contributed by atoms with Crippen LogP contribution in [0.2, 0.25) is 0 Å². The molecule has 0 aromatic rings. The summed E-state index contributed by atoms with van der Waals surface area (Å²) < 4.78 is 5.00. The first-order valence-corrected chi connectivity index (χ1v) is 7.32. The van der Waals surface area contributed by atoms with Gasteiger partial charge in [0.25, 0.3) is 0 Å². The molecule has 0 bridgehead atoms. The van der Waals surface area contributed by atoms with E-state index in [0.29, 0.717) is 12.3 Å². The lowest BCUT2D eigenvalue weighted by atomic mass is 10.2. The molecule has 0 saturated carbocycles. The minimum absolute atomic E-state index is 0.132. The van der Waals surface area contributed by atoms with Crippen molar-refractivity contribution in [3.05, 3.63) is 0 Å². The second kappa shape index (κ2) is 8.68. The molecule has 3 N–H and O–H groups in total. The average Bonchev–Trinajstić information content (AvgIpc) is 2.23. The summed E-state index contributed by atoms with van der Waals surface area (Å²) in [6.07, 6.45) is -0.757. The van der Waals surface area contributed by atoms with Gasteiger partial charge in [0.05, 0.1) is 0 Å². The van der Waals surface area contributed by atoms with E-state index >= 15 is 0 Å². The standard InChI is InChI=1S/C12H22N2O5S/c1-8(15)13-5-6-20-7-9(10(16)17)14-11(18)19-12(2,3)4/h9H,5-7H2,1-4H3,(H,13,15)(H,14,18)(H,16,17). The van der Waals surface area contributed by atoms with Crippen molar-refractivity contribution in [1.29, 1.82) is 0 Å². The van der Waals surface area contributed by atoms with Crippen molar-refractivity contribution in [1.82, 2.24) is 10.6 Å². The molecule has 0 aromatic carbocycles. The zero-order valence-corrected chi connectivity index (χ0v) is 13.0. The molecule has 0 fully saturated rings. The van der Waals surface area contributed by atoms with E-state index in [9.17, 15) is 14.4 Å². The van der Waals surface area contributed by atoms with Gasteiger partial charge in [-0.25, -0.2) is 9.59 Å². The summed E-state index contributed by atoms with van der Waals surface area (Å²) in [7, 11) is 0. The number of carbonyl (C=O) groups excluding carboxylic acids is 2. The molecule has 0 saturated heterocycles. The lowest BCUT2D eigenvalue weighted by Crippen LogP contribution is -2.45. The van der Waals surface area contributed by atoms with Crippen LogP contribution in [0.5, 0.6) is 0 Å². The molecule has 116 valence electrons. The number of carbonyl (C=O) groups is 3. The van der Waals surface area contributed by atoms with Crippen molar-refractivity contribution in [3.63, 3.8) is 0 Å². The van der Waals surface area contributed by atoms with Crippen LogP contribution in [0.1, 0.15) is 27.7 Å². The van der Waals surface area contributed by atoms with Crippen LogP contribution in [0.15, 0.2) is 0 Å². The zero-order chi connectivity index (χ0) is 15.8. The summed E-state index contributed by atoms with van der Waals surface area (Å²) in [6, 6.07) is -1.02. The van der Waals surface area contributed by atoms with Gasteiger partial charge >= 0.3 is 12.1 Å². The first-order chi connectivity index (χ1) is 9.11. The van der Waals surface area contributed by atoms with E-state index in [1.54, 1.807) is 20.8 Å². The van der Waals surface area contributed by atoms with Crippen molar-refractivity contribution >= 4 is 29.7 Å². The summed E-state index contributed by atoms with van der Waals surface area (Å²) in [4.78, 5) is 33.1. The van der Waals surface area contributed by atoms with E-state index in [1.165, 1.54) is 18.7 Å². The highest BCUT2D eigenvalue weighted by Gasteiger charge is 2.23. The van der Waals surface area contributed by atoms with Crippen molar-refractivity contribution in [2.75, 3.05) is 18.1 Å². The number of hydrogen-bond donors (Lipinski definition) is 3. The Kier molecular flexibility index (Phi) is 8.05. The number of aliphatic carboxylic acids is 1. The Morgan fingerprint density at radius 1 is 1.30 bits per heavy atom. The average molecular weight is 306 g/mol. The first kappa shape index (κ1) is 18.6. The minimum Gasteiger partial charge on any atom is -0.480 e. The van der Waals surface area contributed by atoms with Crippen LogP contribution in [-0.2, 0) is 14.3 Å². The molecular formula is C12H22N2O5S. The smallest absolute Gasteiger partial charge is 0.408 e. The third-order valence-electron chi connectivity index (χ3n) is 1.89. The molecule has 0 aromatic heterocycles. The molecule has 0 heterocycles. The SMILES string of the molecule is CC(=O)NCCSCC(NC(=O)OC(C)(C)C)C(=O)O. The Hall–Kier alpha value is -1.44. The molecule has 1 atom stereocenters. The molecule has 0 aliphatic heterocycles. The van der Waals surface area contributed by atoms with Crippen molar-refractivity contribution in [2.45, 2.75) is 39.3 Å². The molecule has 0 spiro atoms. The van der Waals surface area contributed by atoms with E-state index in [0.717, 1.165) is 0 Å². The topological polar surface area (TPSA) is 105 Å². The summed E-state index contributed by atoms with van der Waals surface area (Å²) >= 11 is 1.33. The third kappa shape index (κ3) is 10.5. The largest absolute Gasteiger partial charge is 0.480 e. The fourth-order valence-corrected chi connectivity index (χ4v) is 2.00. The van der Waals surface area contributed by atoms with Crippen molar-refractivity contribution in [3.8, 4) is 0 Å². The highest BCUT2D eigenvalue weighted by Crippen LogP contribution is 2.08. The molecular weight excluding hydrogens is 284 g/mol. The van der Waals surface area contributed by atoms with Crippen LogP contribution in [0.3, 0.4) is 0 Å². The van der Waals surface area contributed by atoms with Crippen LogP contribution in [0.25, 0.3) is 0 Å². The number of amides is 2. The van der Waals surface area contributed by atoms with Crippen LogP contribution >= 0.6 is 11.8 Å². The number of nitrogens with one attached hydrogen (secondary N) is 2. The van der Waals surface area contributed by atoms with Crippen LogP contribution in [0.4, 0.5) is 4.79 Å². The number of hydrogen-bond acceptors (Lipinski definition) is 5. The number of thioether (sulfide) groups is 1. The summed E-state index contributed by atoms with van der Waals surface area (Å²) in [5, 5.41) is 13.9. The monoisotopic (exact) mass is 306 g/mol. The first-order valence-electron chi connectivity index (χ1n) is 6.16. The van der Waals surface area contributed by atoms with Gasteiger partial charge in [-0.1, -0.05) is 0 Å². The number of rotatable bonds is 7. The number of carboxylic acid groups (broad SMARTS) is 1. The van der Waals surface area contributed by atoms with E-state index in [4.69, 9.17) is 9.84 Å². The Morgan fingerprint density at radius 3 is 2.35 bits per heavy atom. The second-order valence-corrected chi connectivity index (χ2v) is 6.24. The summed E-state index contributed by atoms with van der Waals surface area (Å²) in [5.41, 5.74) is -0.675. The Bertz CT molecular complexity index is 354. The quantitative estimate of drug-likeness (QED) is 0.602. The van der Waals surface area contributed by atoms with Crippen molar-refractivity contribution in [2.24, 2.45) is 0 Å². The Morgan fingerprint density at radius 2 is 1.90 bits per heavy atom.